The number of hydrogen-bond acceptors (Lipinski definition) is 4. The number of nitrogens with one attached hydrogen (secondary N) is 1. The third-order valence-corrected chi connectivity index (χ3v) is 6.18. The highest BCUT2D eigenvalue weighted by molar-refractivity contribution is 6.00. The summed E-state index contributed by atoms with van der Waals surface area (Å²) in [5.74, 6) is 0.750. The predicted molar refractivity (Wildman–Crippen MR) is 128 cm³/mol. The molecule has 2 aromatic heterocycles. The van der Waals surface area contributed by atoms with Crippen LogP contribution in [0.5, 0.6) is 0 Å². The number of hydrogen-bond donors (Lipinski definition) is 1. The number of carbonyl (C=O) groups is 1. The van der Waals surface area contributed by atoms with Gasteiger partial charge in [-0.3, -0.25) is 9.69 Å². The van der Waals surface area contributed by atoms with E-state index in [4.69, 9.17) is 9.52 Å². The van der Waals surface area contributed by atoms with Gasteiger partial charge in [0.15, 0.2) is 0 Å². The summed E-state index contributed by atoms with van der Waals surface area (Å²) in [4.78, 5) is 15.8. The Morgan fingerprint density at radius 1 is 1.06 bits per heavy atom. The minimum Gasteiger partial charge on any atom is -0.468 e. The molecule has 0 spiro atoms. The Kier molecular flexibility index (Phi) is 6.09. The number of likely N-dealkylation sites (tertiary alicyclic amines) is 1. The standard InChI is InChI=1S/C27H28N4O2/c1-20-9-7-10-21(17-20)26-23(19-31(29-26)22-11-3-2-4-12-22)27(32)28-18-24(25-13-8-16-33-25)30-14-5-6-15-30/h2-4,7-13,16-17,19,24H,5-6,14-15,18H2,1H3,(H,28,32)/t24-/m0/s1. The fourth-order valence-corrected chi connectivity index (χ4v) is 4.49. The van der Waals surface area contributed by atoms with Gasteiger partial charge in [0.1, 0.15) is 11.5 Å². The zero-order chi connectivity index (χ0) is 22.6. The highest BCUT2D eigenvalue weighted by Gasteiger charge is 2.27. The number of para-hydroxylation sites is 1. The van der Waals surface area contributed by atoms with Crippen LogP contribution in [0.25, 0.3) is 16.9 Å². The van der Waals surface area contributed by atoms with Gasteiger partial charge in [0.05, 0.1) is 23.6 Å². The molecule has 2 aromatic carbocycles. The molecule has 6 nitrogen and oxygen atoms in total. The van der Waals surface area contributed by atoms with Crippen molar-refractivity contribution in [3.05, 3.63) is 96.1 Å². The first kappa shape index (κ1) is 21.2. The molecule has 3 heterocycles. The van der Waals surface area contributed by atoms with E-state index >= 15 is 0 Å². The number of furan rings is 1. The molecule has 1 N–H and O–H groups in total. The van der Waals surface area contributed by atoms with Crippen molar-refractivity contribution >= 4 is 5.91 Å². The zero-order valence-electron chi connectivity index (χ0n) is 18.8. The maximum absolute atomic E-state index is 13.4. The van der Waals surface area contributed by atoms with E-state index in [9.17, 15) is 4.79 Å². The van der Waals surface area contributed by atoms with Crippen molar-refractivity contribution in [3.63, 3.8) is 0 Å². The van der Waals surface area contributed by atoms with E-state index in [1.165, 1.54) is 12.8 Å². The molecule has 5 rings (SSSR count). The molecule has 1 aliphatic heterocycles. The first-order chi connectivity index (χ1) is 16.2. The van der Waals surface area contributed by atoms with Crippen molar-refractivity contribution in [2.24, 2.45) is 0 Å². The Balaban J connectivity index is 1.44. The number of carbonyl (C=O) groups excluding carboxylic acids is 1. The van der Waals surface area contributed by atoms with Gasteiger partial charge in [-0.2, -0.15) is 5.10 Å². The van der Waals surface area contributed by atoms with Gasteiger partial charge in [0.25, 0.3) is 5.91 Å². The average molecular weight is 441 g/mol. The maximum Gasteiger partial charge on any atom is 0.255 e. The summed E-state index contributed by atoms with van der Waals surface area (Å²) in [6.07, 6.45) is 5.86. The second kappa shape index (κ2) is 9.46. The van der Waals surface area contributed by atoms with Gasteiger partial charge >= 0.3 is 0 Å². The summed E-state index contributed by atoms with van der Waals surface area (Å²) in [5.41, 5.74) is 4.20. The quantitative estimate of drug-likeness (QED) is 0.439. The third kappa shape index (κ3) is 4.61. The molecule has 6 heteroatoms. The molecule has 1 atom stereocenters. The molecule has 0 saturated carbocycles. The van der Waals surface area contributed by atoms with Gasteiger partial charge in [-0.1, -0.05) is 42.0 Å². The number of rotatable bonds is 7. The van der Waals surface area contributed by atoms with Crippen molar-refractivity contribution in [2.75, 3.05) is 19.6 Å². The molecule has 1 fully saturated rings. The van der Waals surface area contributed by atoms with E-state index in [1.807, 2.05) is 73.8 Å². The van der Waals surface area contributed by atoms with Crippen LogP contribution in [0.2, 0.25) is 0 Å². The van der Waals surface area contributed by atoms with Crippen LogP contribution in [0, 0.1) is 6.92 Å². The largest absolute Gasteiger partial charge is 0.468 e. The van der Waals surface area contributed by atoms with E-state index in [2.05, 4.69) is 16.3 Å². The van der Waals surface area contributed by atoms with Crippen molar-refractivity contribution in [2.45, 2.75) is 25.8 Å². The van der Waals surface area contributed by atoms with E-state index < -0.39 is 0 Å². The van der Waals surface area contributed by atoms with Gasteiger partial charge < -0.3 is 9.73 Å². The minimum absolute atomic E-state index is 0.0260. The molecular formula is C27H28N4O2. The van der Waals surface area contributed by atoms with E-state index in [0.29, 0.717) is 17.8 Å². The van der Waals surface area contributed by atoms with Gasteiger partial charge in [-0.15, -0.1) is 0 Å². The summed E-state index contributed by atoms with van der Waals surface area (Å²) in [6, 6.07) is 21.9. The monoisotopic (exact) mass is 440 g/mol. The fraction of sp³-hybridized carbons (Fsp3) is 0.259. The SMILES string of the molecule is Cc1cccc(-c2nn(-c3ccccc3)cc2C(=O)NC[C@@H](c2ccco2)N2CCCC2)c1. The molecule has 4 aromatic rings. The predicted octanol–water partition coefficient (Wildman–Crippen LogP) is 5.01. The van der Waals surface area contributed by atoms with Crippen LogP contribution >= 0.6 is 0 Å². The maximum atomic E-state index is 13.4. The van der Waals surface area contributed by atoms with E-state index in [1.54, 1.807) is 10.9 Å². The van der Waals surface area contributed by atoms with E-state index in [0.717, 1.165) is 35.7 Å². The summed E-state index contributed by atoms with van der Waals surface area (Å²) in [5, 5.41) is 7.95. The Hall–Kier alpha value is -3.64. The molecule has 1 amide bonds. The van der Waals surface area contributed by atoms with Crippen LogP contribution in [-0.2, 0) is 0 Å². The van der Waals surface area contributed by atoms with E-state index in [-0.39, 0.29) is 11.9 Å². The molecule has 0 aliphatic carbocycles. The van der Waals surface area contributed by atoms with Crippen LogP contribution in [0.3, 0.4) is 0 Å². The van der Waals surface area contributed by atoms with Gasteiger partial charge in [0.2, 0.25) is 0 Å². The molecule has 33 heavy (non-hydrogen) atoms. The molecule has 168 valence electrons. The highest BCUT2D eigenvalue weighted by atomic mass is 16.3. The lowest BCUT2D eigenvalue weighted by Gasteiger charge is -2.26. The second-order valence-corrected chi connectivity index (χ2v) is 8.53. The smallest absolute Gasteiger partial charge is 0.255 e. The lowest BCUT2D eigenvalue weighted by atomic mass is 10.1. The third-order valence-electron chi connectivity index (χ3n) is 6.18. The Bertz CT molecular complexity index is 1210. The fourth-order valence-electron chi connectivity index (χ4n) is 4.49. The number of amides is 1. The lowest BCUT2D eigenvalue weighted by Crippen LogP contribution is -2.36. The van der Waals surface area contributed by atoms with Crippen LogP contribution in [0.15, 0.2) is 83.6 Å². The van der Waals surface area contributed by atoms with Gasteiger partial charge in [-0.25, -0.2) is 4.68 Å². The summed E-state index contributed by atoms with van der Waals surface area (Å²) in [6.45, 7) is 4.56. The number of aromatic nitrogens is 2. The summed E-state index contributed by atoms with van der Waals surface area (Å²) >= 11 is 0. The molecule has 1 aliphatic rings. The summed E-state index contributed by atoms with van der Waals surface area (Å²) < 4.78 is 7.48. The van der Waals surface area contributed by atoms with Crippen molar-refractivity contribution in [1.82, 2.24) is 20.0 Å². The van der Waals surface area contributed by atoms with Crippen molar-refractivity contribution in [3.8, 4) is 16.9 Å². The molecular weight excluding hydrogens is 412 g/mol. The molecule has 0 radical (unpaired) electrons. The van der Waals surface area contributed by atoms with Crippen LogP contribution in [0.1, 0.15) is 40.6 Å². The molecule has 0 unspecified atom stereocenters. The Labute approximate surface area is 193 Å². The first-order valence-corrected chi connectivity index (χ1v) is 11.5. The lowest BCUT2D eigenvalue weighted by molar-refractivity contribution is 0.0934. The minimum atomic E-state index is -0.135. The molecule has 1 saturated heterocycles. The number of nitrogens with zero attached hydrogens (tertiary/aromatic N) is 3. The highest BCUT2D eigenvalue weighted by Crippen LogP contribution is 2.27. The number of benzene rings is 2. The zero-order valence-corrected chi connectivity index (χ0v) is 18.8. The normalized spacial score (nSPS) is 14.9. The first-order valence-electron chi connectivity index (χ1n) is 11.5. The van der Waals surface area contributed by atoms with Gasteiger partial charge in [0, 0.05) is 18.3 Å². The Morgan fingerprint density at radius 3 is 2.61 bits per heavy atom. The average Bonchev–Trinajstić information content (AvgIpc) is 3.62. The Morgan fingerprint density at radius 2 is 1.88 bits per heavy atom. The summed E-state index contributed by atoms with van der Waals surface area (Å²) in [7, 11) is 0. The van der Waals surface area contributed by atoms with Crippen LogP contribution in [-0.4, -0.2) is 40.2 Å². The van der Waals surface area contributed by atoms with Crippen molar-refractivity contribution < 1.29 is 9.21 Å². The molecule has 0 bridgehead atoms. The second-order valence-electron chi connectivity index (χ2n) is 8.53. The van der Waals surface area contributed by atoms with Crippen molar-refractivity contribution in [1.29, 1.82) is 0 Å². The number of aryl methyl sites for hydroxylation is 1. The topological polar surface area (TPSA) is 63.3 Å². The van der Waals surface area contributed by atoms with Crippen LogP contribution in [0.4, 0.5) is 0 Å². The van der Waals surface area contributed by atoms with Gasteiger partial charge in [-0.05, 0) is 63.2 Å². The van der Waals surface area contributed by atoms with Crippen LogP contribution < -0.4 is 5.32 Å².